The Balaban J connectivity index is 1.96. The van der Waals surface area contributed by atoms with Gasteiger partial charge in [-0.3, -0.25) is 0 Å². The first-order valence-corrected chi connectivity index (χ1v) is 7.66. The van der Waals surface area contributed by atoms with Crippen LogP contribution >= 0.6 is 11.3 Å². The van der Waals surface area contributed by atoms with Crippen molar-refractivity contribution in [3.63, 3.8) is 0 Å². The van der Waals surface area contributed by atoms with Gasteiger partial charge in [0.25, 0.3) is 0 Å². The molecule has 2 N–H and O–H groups in total. The second kappa shape index (κ2) is 4.76. The molecule has 1 aliphatic carbocycles. The van der Waals surface area contributed by atoms with Crippen LogP contribution in [0.25, 0.3) is 10.2 Å². The van der Waals surface area contributed by atoms with Crippen LogP contribution in [0.2, 0.25) is 0 Å². The van der Waals surface area contributed by atoms with Crippen molar-refractivity contribution in [1.82, 2.24) is 4.98 Å². The summed E-state index contributed by atoms with van der Waals surface area (Å²) in [5, 5.41) is 1.09. The number of benzene rings is 1. The van der Waals surface area contributed by atoms with Crippen LogP contribution in [0.15, 0.2) is 18.2 Å². The van der Waals surface area contributed by atoms with E-state index < -0.39 is 0 Å². The summed E-state index contributed by atoms with van der Waals surface area (Å²) in [7, 11) is 1.69. The van der Waals surface area contributed by atoms with Crippen LogP contribution in [0.5, 0.6) is 5.75 Å². The van der Waals surface area contributed by atoms with Crippen molar-refractivity contribution in [3.05, 3.63) is 23.2 Å². The molecule has 0 spiro atoms. The normalized spacial score (nSPS) is 27.6. The molecule has 0 radical (unpaired) electrons. The van der Waals surface area contributed by atoms with Gasteiger partial charge in [0.2, 0.25) is 0 Å². The summed E-state index contributed by atoms with van der Waals surface area (Å²) in [6.45, 7) is 2.31. The van der Waals surface area contributed by atoms with E-state index in [1.54, 1.807) is 18.4 Å². The number of hydrogen-bond donors (Lipinski definition) is 1. The number of thiazole rings is 1. The average Bonchev–Trinajstić information content (AvgIpc) is 2.86. The predicted molar refractivity (Wildman–Crippen MR) is 79.7 cm³/mol. The van der Waals surface area contributed by atoms with Crippen molar-refractivity contribution in [3.8, 4) is 5.75 Å². The van der Waals surface area contributed by atoms with E-state index in [1.165, 1.54) is 12.8 Å². The van der Waals surface area contributed by atoms with Gasteiger partial charge >= 0.3 is 0 Å². The minimum absolute atomic E-state index is 0.219. The van der Waals surface area contributed by atoms with E-state index in [0.29, 0.717) is 0 Å². The van der Waals surface area contributed by atoms with Crippen LogP contribution in [0.3, 0.4) is 0 Å². The predicted octanol–water partition coefficient (Wildman–Crippen LogP) is 3.67. The molecule has 1 aliphatic rings. The molecule has 1 heterocycles. The Kier molecular flexibility index (Phi) is 3.23. The van der Waals surface area contributed by atoms with Gasteiger partial charge in [-0.25, -0.2) is 4.98 Å². The summed E-state index contributed by atoms with van der Waals surface area (Å²) in [5.74, 6) is 1.68. The lowest BCUT2D eigenvalue weighted by molar-refractivity contribution is 0.247. The van der Waals surface area contributed by atoms with Gasteiger partial charge in [-0.15, -0.1) is 11.3 Å². The minimum atomic E-state index is -0.219. The first-order chi connectivity index (χ1) is 9.10. The monoisotopic (exact) mass is 276 g/mol. The molecule has 3 rings (SSSR count). The van der Waals surface area contributed by atoms with E-state index >= 15 is 0 Å². The number of nitrogens with zero attached hydrogens (tertiary/aromatic N) is 1. The molecule has 1 aromatic carbocycles. The Bertz CT molecular complexity index is 585. The van der Waals surface area contributed by atoms with Crippen molar-refractivity contribution in [2.24, 2.45) is 11.7 Å². The SMILES string of the molecule is COc1ccc2nc(C3(N)CCC(C)CC3)sc2c1. The number of rotatable bonds is 2. The van der Waals surface area contributed by atoms with Gasteiger partial charge < -0.3 is 10.5 Å². The van der Waals surface area contributed by atoms with Gasteiger partial charge in [0.1, 0.15) is 10.8 Å². The van der Waals surface area contributed by atoms with Gasteiger partial charge in [-0.2, -0.15) is 0 Å². The van der Waals surface area contributed by atoms with Crippen molar-refractivity contribution < 1.29 is 4.74 Å². The van der Waals surface area contributed by atoms with Crippen LogP contribution in [-0.2, 0) is 5.54 Å². The molecular formula is C15H20N2OS. The largest absolute Gasteiger partial charge is 0.497 e. The Morgan fingerprint density at radius 2 is 2.11 bits per heavy atom. The fourth-order valence-electron chi connectivity index (χ4n) is 2.74. The molecular weight excluding hydrogens is 256 g/mol. The van der Waals surface area contributed by atoms with Gasteiger partial charge in [-0.1, -0.05) is 6.92 Å². The molecule has 1 fully saturated rings. The lowest BCUT2D eigenvalue weighted by Crippen LogP contribution is -2.40. The maximum Gasteiger partial charge on any atom is 0.120 e. The van der Waals surface area contributed by atoms with E-state index in [1.807, 2.05) is 18.2 Å². The molecule has 0 atom stereocenters. The number of hydrogen-bond acceptors (Lipinski definition) is 4. The van der Waals surface area contributed by atoms with E-state index in [-0.39, 0.29) is 5.54 Å². The third-order valence-corrected chi connectivity index (χ3v) is 5.43. The Morgan fingerprint density at radius 1 is 1.37 bits per heavy atom. The second-order valence-corrected chi connectivity index (χ2v) is 6.72. The first kappa shape index (κ1) is 12.9. The molecule has 3 nitrogen and oxygen atoms in total. The van der Waals surface area contributed by atoms with Crippen LogP contribution in [0, 0.1) is 5.92 Å². The molecule has 0 saturated heterocycles. The molecule has 4 heteroatoms. The first-order valence-electron chi connectivity index (χ1n) is 6.85. The minimum Gasteiger partial charge on any atom is -0.497 e. The Morgan fingerprint density at radius 3 is 2.79 bits per heavy atom. The smallest absolute Gasteiger partial charge is 0.120 e. The summed E-state index contributed by atoms with van der Waals surface area (Å²) in [4.78, 5) is 4.75. The van der Waals surface area contributed by atoms with Crippen LogP contribution in [0.1, 0.15) is 37.6 Å². The lowest BCUT2D eigenvalue weighted by Gasteiger charge is -2.34. The van der Waals surface area contributed by atoms with Crippen LogP contribution < -0.4 is 10.5 Å². The van der Waals surface area contributed by atoms with Crippen LogP contribution in [0.4, 0.5) is 0 Å². The molecule has 1 saturated carbocycles. The maximum atomic E-state index is 6.59. The highest BCUT2D eigenvalue weighted by molar-refractivity contribution is 7.18. The highest BCUT2D eigenvalue weighted by Crippen LogP contribution is 2.40. The summed E-state index contributed by atoms with van der Waals surface area (Å²) in [6, 6.07) is 6.02. The quantitative estimate of drug-likeness (QED) is 0.910. The van der Waals surface area contributed by atoms with E-state index in [9.17, 15) is 0 Å². The second-order valence-electron chi connectivity index (χ2n) is 5.69. The summed E-state index contributed by atoms with van der Waals surface area (Å²) in [5.41, 5.74) is 7.41. The number of nitrogens with two attached hydrogens (primary N) is 1. The zero-order valence-electron chi connectivity index (χ0n) is 11.5. The Labute approximate surface area is 117 Å². The number of ether oxygens (including phenoxy) is 1. The molecule has 2 aromatic rings. The fraction of sp³-hybridized carbons (Fsp3) is 0.533. The highest BCUT2D eigenvalue weighted by atomic mass is 32.1. The number of aromatic nitrogens is 1. The highest BCUT2D eigenvalue weighted by Gasteiger charge is 2.34. The molecule has 0 aliphatic heterocycles. The molecule has 19 heavy (non-hydrogen) atoms. The van der Waals surface area contributed by atoms with Crippen molar-refractivity contribution in [2.75, 3.05) is 7.11 Å². The molecule has 0 amide bonds. The number of fused-ring (bicyclic) bond motifs is 1. The topological polar surface area (TPSA) is 48.1 Å². The molecule has 0 bridgehead atoms. The number of methoxy groups -OCH3 is 1. The summed E-state index contributed by atoms with van der Waals surface area (Å²) >= 11 is 1.72. The van der Waals surface area contributed by atoms with E-state index in [2.05, 4.69) is 6.92 Å². The van der Waals surface area contributed by atoms with Crippen molar-refractivity contribution in [1.29, 1.82) is 0 Å². The average molecular weight is 276 g/mol. The third kappa shape index (κ3) is 2.35. The van der Waals surface area contributed by atoms with Crippen LogP contribution in [-0.4, -0.2) is 12.1 Å². The maximum absolute atomic E-state index is 6.59. The summed E-state index contributed by atoms with van der Waals surface area (Å²) < 4.78 is 6.43. The zero-order valence-corrected chi connectivity index (χ0v) is 12.3. The van der Waals surface area contributed by atoms with Gasteiger partial charge in [0.15, 0.2) is 0 Å². The lowest BCUT2D eigenvalue weighted by atomic mass is 9.78. The van der Waals surface area contributed by atoms with Crippen molar-refractivity contribution >= 4 is 21.6 Å². The van der Waals surface area contributed by atoms with E-state index in [4.69, 9.17) is 15.5 Å². The molecule has 0 unspecified atom stereocenters. The van der Waals surface area contributed by atoms with Gasteiger partial charge in [0, 0.05) is 0 Å². The third-order valence-electron chi connectivity index (χ3n) is 4.19. The Hall–Kier alpha value is -1.13. The standard InChI is InChI=1S/C15H20N2OS/c1-10-5-7-15(16,8-6-10)14-17-12-4-3-11(18-2)9-13(12)19-14/h3-4,9-10H,5-8,16H2,1-2H3. The van der Waals surface area contributed by atoms with Gasteiger partial charge in [0.05, 0.1) is 22.9 Å². The zero-order chi connectivity index (χ0) is 13.5. The summed E-state index contributed by atoms with van der Waals surface area (Å²) in [6.07, 6.45) is 4.50. The molecule has 102 valence electrons. The van der Waals surface area contributed by atoms with Gasteiger partial charge in [-0.05, 0) is 49.8 Å². The fourth-order valence-corrected chi connectivity index (χ4v) is 3.89. The van der Waals surface area contributed by atoms with Crippen molar-refractivity contribution in [2.45, 2.75) is 38.1 Å². The molecule has 1 aromatic heterocycles. The van der Waals surface area contributed by atoms with E-state index in [0.717, 1.165) is 39.7 Å².